The minimum absolute atomic E-state index is 0.148. The minimum Gasteiger partial charge on any atom is -0.343 e. The number of fused-ring (bicyclic) bond motifs is 2. The van der Waals surface area contributed by atoms with E-state index in [-0.39, 0.29) is 11.9 Å². The Morgan fingerprint density at radius 1 is 1.10 bits per heavy atom. The number of carbonyl (C=O) groups is 1. The van der Waals surface area contributed by atoms with Gasteiger partial charge in [-0.3, -0.25) is 19.8 Å². The van der Waals surface area contributed by atoms with Gasteiger partial charge in [0.2, 0.25) is 0 Å². The van der Waals surface area contributed by atoms with Gasteiger partial charge in [0.15, 0.2) is 0 Å². The summed E-state index contributed by atoms with van der Waals surface area (Å²) >= 11 is 0. The molecule has 1 N–H and O–H groups in total. The molecule has 5 rings (SSSR count). The second-order valence-electron chi connectivity index (χ2n) is 7.67. The maximum atomic E-state index is 12.8. The number of aliphatic imine (C=N–C) groups is 2. The molecule has 0 fully saturated rings. The van der Waals surface area contributed by atoms with E-state index < -0.39 is 0 Å². The van der Waals surface area contributed by atoms with Crippen LogP contribution in [0.4, 0.5) is 5.69 Å². The molecule has 4 heterocycles. The second-order valence-corrected chi connectivity index (χ2v) is 7.67. The summed E-state index contributed by atoms with van der Waals surface area (Å²) in [5.74, 6) is -0.148. The van der Waals surface area contributed by atoms with Gasteiger partial charge in [0.05, 0.1) is 29.7 Å². The summed E-state index contributed by atoms with van der Waals surface area (Å²) in [7, 11) is 0. The lowest BCUT2D eigenvalue weighted by Gasteiger charge is -2.13. The van der Waals surface area contributed by atoms with Crippen molar-refractivity contribution in [2.75, 3.05) is 0 Å². The summed E-state index contributed by atoms with van der Waals surface area (Å²) < 4.78 is 0. The summed E-state index contributed by atoms with van der Waals surface area (Å²) in [5, 5.41) is 3.03. The lowest BCUT2D eigenvalue weighted by Crippen LogP contribution is -2.33. The van der Waals surface area contributed by atoms with Crippen molar-refractivity contribution in [1.82, 2.24) is 15.3 Å². The van der Waals surface area contributed by atoms with Crippen molar-refractivity contribution in [1.29, 1.82) is 0 Å². The van der Waals surface area contributed by atoms with E-state index in [1.165, 1.54) is 5.56 Å². The SMILES string of the molecule is Cc1cccc(C(C)NC(=O)C2=Nc3cc4c(cc3C2)CN=C4c2ccncc2)n1. The standard InChI is InChI=1S/C24H21N5O/c1-14-4-3-5-20(27-14)15(2)28-24(30)22-11-17-10-18-13-26-23(16-6-8-25-9-7-16)19(18)12-21(17)29-22/h3-10,12,15H,11,13H2,1-2H3,(H,28,30). The van der Waals surface area contributed by atoms with Gasteiger partial charge in [-0.2, -0.15) is 0 Å². The van der Waals surface area contributed by atoms with Crippen molar-refractivity contribution in [3.63, 3.8) is 0 Å². The van der Waals surface area contributed by atoms with Crippen molar-refractivity contribution < 1.29 is 4.79 Å². The van der Waals surface area contributed by atoms with Crippen LogP contribution in [0.25, 0.3) is 0 Å². The highest BCUT2D eigenvalue weighted by atomic mass is 16.2. The fourth-order valence-corrected chi connectivity index (χ4v) is 3.94. The molecule has 2 aliphatic heterocycles. The number of pyridine rings is 2. The van der Waals surface area contributed by atoms with Gasteiger partial charge < -0.3 is 5.32 Å². The largest absolute Gasteiger partial charge is 0.343 e. The van der Waals surface area contributed by atoms with Gasteiger partial charge in [-0.1, -0.05) is 12.1 Å². The Labute approximate surface area is 174 Å². The van der Waals surface area contributed by atoms with Gasteiger partial charge in [0.1, 0.15) is 5.71 Å². The molecule has 1 atom stereocenters. The summed E-state index contributed by atoms with van der Waals surface area (Å²) in [4.78, 5) is 30.7. The van der Waals surface area contributed by atoms with Gasteiger partial charge in [0, 0.05) is 35.6 Å². The van der Waals surface area contributed by atoms with Crippen LogP contribution in [0.5, 0.6) is 0 Å². The molecule has 0 aliphatic carbocycles. The number of aromatic nitrogens is 2. The van der Waals surface area contributed by atoms with Crippen LogP contribution in [-0.2, 0) is 17.8 Å². The zero-order valence-corrected chi connectivity index (χ0v) is 16.9. The predicted molar refractivity (Wildman–Crippen MR) is 116 cm³/mol. The van der Waals surface area contributed by atoms with E-state index in [0.717, 1.165) is 39.5 Å². The Morgan fingerprint density at radius 2 is 1.93 bits per heavy atom. The van der Waals surface area contributed by atoms with Gasteiger partial charge in [-0.25, -0.2) is 4.99 Å². The molecule has 6 heteroatoms. The molecular formula is C24H21N5O. The Bertz CT molecular complexity index is 1210. The Kier molecular flexibility index (Phi) is 4.47. The van der Waals surface area contributed by atoms with Crippen LogP contribution in [0.3, 0.4) is 0 Å². The Morgan fingerprint density at radius 3 is 2.73 bits per heavy atom. The topological polar surface area (TPSA) is 79.6 Å². The molecule has 0 spiro atoms. The summed E-state index contributed by atoms with van der Waals surface area (Å²) in [6, 6.07) is 13.8. The van der Waals surface area contributed by atoms with Crippen LogP contribution in [0, 0.1) is 6.92 Å². The highest BCUT2D eigenvalue weighted by molar-refractivity contribution is 6.41. The number of nitrogens with zero attached hydrogens (tertiary/aromatic N) is 4. The molecule has 148 valence electrons. The molecule has 0 saturated heterocycles. The molecule has 1 aromatic carbocycles. The predicted octanol–water partition coefficient (Wildman–Crippen LogP) is 3.64. The molecule has 2 aliphatic rings. The van der Waals surface area contributed by atoms with Crippen LogP contribution >= 0.6 is 0 Å². The zero-order chi connectivity index (χ0) is 20.7. The minimum atomic E-state index is -0.181. The number of rotatable bonds is 4. The number of carbonyl (C=O) groups excluding carboxylic acids is 1. The van der Waals surface area contributed by atoms with E-state index >= 15 is 0 Å². The fraction of sp³-hybridized carbons (Fsp3) is 0.208. The number of amides is 1. The molecule has 0 radical (unpaired) electrons. The average molecular weight is 395 g/mol. The van der Waals surface area contributed by atoms with Gasteiger partial charge in [-0.15, -0.1) is 0 Å². The fourth-order valence-electron chi connectivity index (χ4n) is 3.94. The molecule has 1 unspecified atom stereocenters. The highest BCUT2D eigenvalue weighted by Gasteiger charge is 2.26. The van der Waals surface area contributed by atoms with Crippen molar-refractivity contribution in [2.45, 2.75) is 32.9 Å². The number of aryl methyl sites for hydroxylation is 1. The number of benzene rings is 1. The maximum absolute atomic E-state index is 12.8. The molecule has 2 aromatic heterocycles. The molecule has 0 bridgehead atoms. The molecule has 6 nitrogen and oxygen atoms in total. The summed E-state index contributed by atoms with van der Waals surface area (Å²) in [6.45, 7) is 4.53. The van der Waals surface area contributed by atoms with Crippen LogP contribution in [-0.4, -0.2) is 27.3 Å². The van der Waals surface area contributed by atoms with E-state index in [2.05, 4.69) is 32.4 Å². The van der Waals surface area contributed by atoms with E-state index in [1.807, 2.05) is 44.2 Å². The first kappa shape index (κ1) is 18.4. The lowest BCUT2D eigenvalue weighted by molar-refractivity contribution is -0.115. The van der Waals surface area contributed by atoms with Crippen LogP contribution in [0.15, 0.2) is 64.8 Å². The van der Waals surface area contributed by atoms with Crippen LogP contribution in [0.1, 0.15) is 46.6 Å². The van der Waals surface area contributed by atoms with Crippen LogP contribution < -0.4 is 5.32 Å². The Hall–Kier alpha value is -3.67. The first-order chi connectivity index (χ1) is 14.6. The maximum Gasteiger partial charge on any atom is 0.266 e. The number of hydrogen-bond acceptors (Lipinski definition) is 5. The first-order valence-corrected chi connectivity index (χ1v) is 10.0. The first-order valence-electron chi connectivity index (χ1n) is 10.0. The smallest absolute Gasteiger partial charge is 0.266 e. The molecule has 3 aromatic rings. The third-order valence-electron chi connectivity index (χ3n) is 5.50. The van der Waals surface area contributed by atoms with Crippen molar-refractivity contribution in [3.05, 3.63) is 88.5 Å². The second kappa shape index (κ2) is 7.30. The van der Waals surface area contributed by atoms with E-state index in [1.54, 1.807) is 12.4 Å². The summed E-state index contributed by atoms with van der Waals surface area (Å²) in [5.41, 5.74) is 8.51. The molecular weight excluding hydrogens is 374 g/mol. The number of nitrogens with one attached hydrogen (secondary N) is 1. The third kappa shape index (κ3) is 3.30. The van der Waals surface area contributed by atoms with Gasteiger partial charge in [-0.05, 0) is 55.3 Å². The molecule has 0 saturated carbocycles. The van der Waals surface area contributed by atoms with E-state index in [4.69, 9.17) is 4.99 Å². The molecule has 30 heavy (non-hydrogen) atoms. The van der Waals surface area contributed by atoms with Crippen LogP contribution in [0.2, 0.25) is 0 Å². The lowest BCUT2D eigenvalue weighted by atomic mass is 9.97. The van der Waals surface area contributed by atoms with Gasteiger partial charge in [0.25, 0.3) is 5.91 Å². The quantitative estimate of drug-likeness (QED) is 0.732. The van der Waals surface area contributed by atoms with Crippen molar-refractivity contribution in [3.8, 4) is 0 Å². The number of hydrogen-bond donors (Lipinski definition) is 1. The monoisotopic (exact) mass is 395 g/mol. The average Bonchev–Trinajstić information content (AvgIpc) is 3.36. The highest BCUT2D eigenvalue weighted by Crippen LogP contribution is 2.34. The van der Waals surface area contributed by atoms with E-state index in [9.17, 15) is 4.79 Å². The third-order valence-corrected chi connectivity index (χ3v) is 5.50. The van der Waals surface area contributed by atoms with E-state index in [0.29, 0.717) is 18.7 Å². The normalized spacial score (nSPS) is 15.1. The zero-order valence-electron chi connectivity index (χ0n) is 16.9. The van der Waals surface area contributed by atoms with Crippen molar-refractivity contribution in [2.24, 2.45) is 9.98 Å². The van der Waals surface area contributed by atoms with Gasteiger partial charge >= 0.3 is 0 Å². The van der Waals surface area contributed by atoms with Crippen molar-refractivity contribution >= 4 is 23.0 Å². The summed E-state index contributed by atoms with van der Waals surface area (Å²) in [6.07, 6.45) is 4.08. The Balaban J connectivity index is 1.37. The molecule has 1 amide bonds.